The fourth-order valence-electron chi connectivity index (χ4n) is 2.93. The van der Waals surface area contributed by atoms with E-state index in [0.717, 1.165) is 17.0 Å². The van der Waals surface area contributed by atoms with E-state index in [0.29, 0.717) is 15.6 Å². The number of hydrogen-bond acceptors (Lipinski definition) is 5. The van der Waals surface area contributed by atoms with E-state index in [1.807, 2.05) is 18.2 Å². The summed E-state index contributed by atoms with van der Waals surface area (Å²) in [6.07, 6.45) is 2.38. The van der Waals surface area contributed by atoms with E-state index in [-0.39, 0.29) is 17.3 Å². The molecule has 1 aromatic heterocycles. The number of nitrogens with zero attached hydrogens (tertiary/aromatic N) is 3. The van der Waals surface area contributed by atoms with Crippen LogP contribution in [-0.4, -0.2) is 27.0 Å². The van der Waals surface area contributed by atoms with Crippen molar-refractivity contribution in [3.05, 3.63) is 64.0 Å². The first-order valence-electron chi connectivity index (χ1n) is 8.37. The third-order valence-corrected chi connectivity index (χ3v) is 5.71. The second kappa shape index (κ2) is 7.28. The van der Waals surface area contributed by atoms with Gasteiger partial charge in [-0.15, -0.1) is 0 Å². The quantitative estimate of drug-likeness (QED) is 0.685. The Morgan fingerprint density at radius 2 is 2.07 bits per heavy atom. The lowest BCUT2D eigenvalue weighted by Crippen LogP contribution is -2.35. The number of amidine groups is 2. The van der Waals surface area contributed by atoms with Crippen LogP contribution in [0.2, 0.25) is 0 Å². The highest BCUT2D eigenvalue weighted by atomic mass is 79.9. The van der Waals surface area contributed by atoms with Crippen LogP contribution in [-0.2, 0) is 4.79 Å². The molecule has 0 bridgehead atoms. The van der Waals surface area contributed by atoms with Crippen LogP contribution >= 0.6 is 27.7 Å². The summed E-state index contributed by atoms with van der Waals surface area (Å²) in [5.41, 5.74) is 1.31. The molecule has 8 heteroatoms. The maximum atomic E-state index is 12.4. The average Bonchev–Trinajstić information content (AvgIpc) is 3.26. The number of hydrogen-bond donors (Lipinski definition) is 1. The number of thioether (sulfide) groups is 1. The van der Waals surface area contributed by atoms with Gasteiger partial charge in [0.25, 0.3) is 5.91 Å². The SMILES string of the molecule is CCC(C1=NN2C(=N)C(=Cc3ccc(Br)o3)C(=O)N=C2S1)c1ccccc1. The minimum absolute atomic E-state index is 0.00272. The number of carbonyl (C=O) groups is 1. The largest absolute Gasteiger partial charge is 0.450 e. The van der Waals surface area contributed by atoms with Crippen LogP contribution in [0, 0.1) is 5.41 Å². The van der Waals surface area contributed by atoms with Crippen molar-refractivity contribution in [2.45, 2.75) is 19.3 Å². The summed E-state index contributed by atoms with van der Waals surface area (Å²) in [5, 5.41) is 15.7. The van der Waals surface area contributed by atoms with Crippen LogP contribution in [0.25, 0.3) is 6.08 Å². The van der Waals surface area contributed by atoms with Crippen LogP contribution in [0.15, 0.2) is 67.2 Å². The van der Waals surface area contributed by atoms with Crippen molar-refractivity contribution in [2.24, 2.45) is 10.1 Å². The zero-order chi connectivity index (χ0) is 19.0. The van der Waals surface area contributed by atoms with Crippen LogP contribution in [0.5, 0.6) is 0 Å². The van der Waals surface area contributed by atoms with Gasteiger partial charge in [0.15, 0.2) is 10.5 Å². The summed E-state index contributed by atoms with van der Waals surface area (Å²) in [5.74, 6) is 0.111. The molecule has 1 atom stereocenters. The Balaban J connectivity index is 1.66. The summed E-state index contributed by atoms with van der Waals surface area (Å²) in [6, 6.07) is 13.5. The third-order valence-electron chi connectivity index (χ3n) is 4.26. The van der Waals surface area contributed by atoms with Gasteiger partial charge in [0.1, 0.15) is 10.8 Å². The second-order valence-electron chi connectivity index (χ2n) is 5.97. The number of hydrazone groups is 1. The predicted molar refractivity (Wildman–Crippen MR) is 111 cm³/mol. The van der Waals surface area contributed by atoms with Crippen LogP contribution in [0.1, 0.15) is 30.6 Å². The number of carbonyl (C=O) groups excluding carboxylic acids is 1. The molecule has 0 saturated heterocycles. The van der Waals surface area contributed by atoms with Gasteiger partial charge in [0, 0.05) is 5.92 Å². The van der Waals surface area contributed by atoms with Gasteiger partial charge in [-0.25, -0.2) is 0 Å². The molecule has 3 heterocycles. The molecule has 6 nitrogen and oxygen atoms in total. The lowest BCUT2D eigenvalue weighted by Gasteiger charge is -2.19. The number of fused-ring (bicyclic) bond motifs is 1. The summed E-state index contributed by atoms with van der Waals surface area (Å²) < 4.78 is 5.97. The van der Waals surface area contributed by atoms with Gasteiger partial charge in [0.2, 0.25) is 5.17 Å². The van der Waals surface area contributed by atoms with Gasteiger partial charge in [-0.3, -0.25) is 10.2 Å². The van der Waals surface area contributed by atoms with Crippen molar-refractivity contribution >= 4 is 55.7 Å². The number of rotatable bonds is 4. The van der Waals surface area contributed by atoms with Crippen molar-refractivity contribution in [1.29, 1.82) is 5.41 Å². The van der Waals surface area contributed by atoms with Crippen molar-refractivity contribution in [3.63, 3.8) is 0 Å². The van der Waals surface area contributed by atoms with Crippen LogP contribution in [0.4, 0.5) is 0 Å². The Morgan fingerprint density at radius 3 is 2.74 bits per heavy atom. The Kier molecular flexibility index (Phi) is 4.84. The fraction of sp³-hybridized carbons (Fsp3) is 0.158. The number of aliphatic imine (C=N–C) groups is 1. The number of amides is 1. The van der Waals surface area contributed by atoms with E-state index < -0.39 is 5.91 Å². The zero-order valence-electron chi connectivity index (χ0n) is 14.3. The Bertz CT molecular complexity index is 1010. The number of benzene rings is 1. The van der Waals surface area contributed by atoms with Crippen molar-refractivity contribution in [1.82, 2.24) is 5.01 Å². The molecule has 2 aromatic rings. The van der Waals surface area contributed by atoms with Crippen LogP contribution in [0.3, 0.4) is 0 Å². The minimum atomic E-state index is -0.463. The molecule has 0 radical (unpaired) electrons. The fourth-order valence-corrected chi connectivity index (χ4v) is 4.35. The van der Waals surface area contributed by atoms with E-state index in [4.69, 9.17) is 9.83 Å². The van der Waals surface area contributed by atoms with E-state index in [2.05, 4.69) is 45.1 Å². The van der Waals surface area contributed by atoms with Gasteiger partial charge in [-0.1, -0.05) is 37.3 Å². The molecule has 2 aliphatic rings. The predicted octanol–water partition coefficient (Wildman–Crippen LogP) is 4.86. The lowest BCUT2D eigenvalue weighted by atomic mass is 9.98. The van der Waals surface area contributed by atoms with Gasteiger partial charge < -0.3 is 4.42 Å². The minimum Gasteiger partial charge on any atom is -0.450 e. The van der Waals surface area contributed by atoms with E-state index in [1.165, 1.54) is 22.8 Å². The lowest BCUT2D eigenvalue weighted by molar-refractivity contribution is -0.114. The number of furan rings is 1. The Labute approximate surface area is 168 Å². The molecule has 0 fully saturated rings. The highest BCUT2D eigenvalue weighted by Crippen LogP contribution is 2.36. The topological polar surface area (TPSA) is 82.0 Å². The molecule has 2 aliphatic heterocycles. The summed E-state index contributed by atoms with van der Waals surface area (Å²) >= 11 is 4.58. The first-order valence-corrected chi connectivity index (χ1v) is 9.98. The molecule has 1 aromatic carbocycles. The molecule has 136 valence electrons. The molecular weight excluding hydrogens is 428 g/mol. The first kappa shape index (κ1) is 17.9. The number of halogens is 1. The highest BCUT2D eigenvalue weighted by molar-refractivity contribution is 9.10. The highest BCUT2D eigenvalue weighted by Gasteiger charge is 2.37. The molecule has 0 spiro atoms. The van der Waals surface area contributed by atoms with Gasteiger partial charge in [-0.2, -0.15) is 15.1 Å². The van der Waals surface area contributed by atoms with Crippen molar-refractivity contribution in [3.8, 4) is 0 Å². The smallest absolute Gasteiger partial charge is 0.283 e. The molecule has 0 aliphatic carbocycles. The van der Waals surface area contributed by atoms with E-state index >= 15 is 0 Å². The monoisotopic (exact) mass is 442 g/mol. The van der Waals surface area contributed by atoms with E-state index in [1.54, 1.807) is 12.1 Å². The molecule has 0 saturated carbocycles. The molecule has 1 unspecified atom stereocenters. The molecule has 4 rings (SSSR count). The maximum absolute atomic E-state index is 12.4. The van der Waals surface area contributed by atoms with E-state index in [9.17, 15) is 4.79 Å². The third kappa shape index (κ3) is 3.42. The maximum Gasteiger partial charge on any atom is 0.283 e. The Hall–Kier alpha value is -2.45. The molecular formula is C19H15BrN4O2S. The van der Waals surface area contributed by atoms with Gasteiger partial charge in [0.05, 0.1) is 5.57 Å². The summed E-state index contributed by atoms with van der Waals surface area (Å²) in [6.45, 7) is 2.09. The number of nitrogens with one attached hydrogen (secondary N) is 1. The summed E-state index contributed by atoms with van der Waals surface area (Å²) in [4.78, 5) is 16.6. The molecule has 1 N–H and O–H groups in total. The second-order valence-corrected chi connectivity index (χ2v) is 7.74. The van der Waals surface area contributed by atoms with Crippen molar-refractivity contribution < 1.29 is 9.21 Å². The van der Waals surface area contributed by atoms with Gasteiger partial charge in [-0.05, 0) is 57.9 Å². The average molecular weight is 443 g/mol. The normalized spacial score (nSPS) is 19.2. The molecule has 1 amide bonds. The van der Waals surface area contributed by atoms with Crippen LogP contribution < -0.4 is 0 Å². The van der Waals surface area contributed by atoms with Gasteiger partial charge >= 0.3 is 0 Å². The standard InChI is InChI=1S/C19H15BrN4O2S/c1-2-13(11-6-4-3-5-7-11)18-23-24-16(21)14(17(25)22-19(24)27-18)10-12-8-9-15(20)26-12/h3-10,13,21H,2H2,1H3. The first-order chi connectivity index (χ1) is 13.1. The Morgan fingerprint density at radius 1 is 1.30 bits per heavy atom. The molecule has 27 heavy (non-hydrogen) atoms. The van der Waals surface area contributed by atoms with Crippen molar-refractivity contribution in [2.75, 3.05) is 0 Å². The summed E-state index contributed by atoms with van der Waals surface area (Å²) in [7, 11) is 0. The zero-order valence-corrected chi connectivity index (χ0v) is 16.8.